The number of carbonyl (C=O) groups excluding carboxylic acids is 1. The van der Waals surface area contributed by atoms with Gasteiger partial charge in [-0.1, -0.05) is 36.4 Å². The number of carbonyl (C=O) groups is 1. The van der Waals surface area contributed by atoms with Gasteiger partial charge in [0.25, 0.3) is 5.91 Å². The zero-order chi connectivity index (χ0) is 29.6. The maximum Gasteiger partial charge on any atom is 0.268 e. The summed E-state index contributed by atoms with van der Waals surface area (Å²) in [5, 5.41) is 12.1. The molecule has 8 nitrogen and oxygen atoms in total. The van der Waals surface area contributed by atoms with Gasteiger partial charge in [0.2, 0.25) is 10.0 Å². The van der Waals surface area contributed by atoms with Gasteiger partial charge in [-0.15, -0.1) is 0 Å². The van der Waals surface area contributed by atoms with Crippen molar-refractivity contribution in [3.05, 3.63) is 108 Å². The van der Waals surface area contributed by atoms with E-state index in [1.807, 2.05) is 73.6 Å². The predicted octanol–water partition coefficient (Wildman–Crippen LogP) is 4.67. The van der Waals surface area contributed by atoms with Crippen molar-refractivity contribution in [3.8, 4) is 11.1 Å². The van der Waals surface area contributed by atoms with Crippen LogP contribution in [0.15, 0.2) is 96.2 Å². The molecule has 0 saturated heterocycles. The van der Waals surface area contributed by atoms with Gasteiger partial charge in [-0.25, -0.2) is 13.1 Å². The van der Waals surface area contributed by atoms with Crippen molar-refractivity contribution in [2.75, 3.05) is 23.9 Å². The van der Waals surface area contributed by atoms with E-state index in [1.165, 1.54) is 24.3 Å². The number of amides is 1. The summed E-state index contributed by atoms with van der Waals surface area (Å²) < 4.78 is 28.3. The first-order valence-corrected chi connectivity index (χ1v) is 14.8. The van der Waals surface area contributed by atoms with Crippen LogP contribution in [0.2, 0.25) is 0 Å². The van der Waals surface area contributed by atoms with E-state index in [0.29, 0.717) is 16.8 Å². The van der Waals surface area contributed by atoms with E-state index in [4.69, 9.17) is 0 Å². The molecule has 1 amide bonds. The molecule has 1 atom stereocenters. The van der Waals surface area contributed by atoms with Crippen LogP contribution < -0.4 is 14.5 Å². The van der Waals surface area contributed by atoms with Crippen molar-refractivity contribution in [2.45, 2.75) is 43.4 Å². The predicted molar refractivity (Wildman–Crippen MR) is 161 cm³/mol. The highest BCUT2D eigenvalue weighted by molar-refractivity contribution is 7.89. The minimum atomic E-state index is -3.78. The van der Waals surface area contributed by atoms with Gasteiger partial charge >= 0.3 is 0 Å². The zero-order valence-electron chi connectivity index (χ0n) is 23.8. The summed E-state index contributed by atoms with van der Waals surface area (Å²) in [4.78, 5) is 21.7. The fourth-order valence-corrected chi connectivity index (χ4v) is 6.47. The molecule has 0 spiro atoms. The van der Waals surface area contributed by atoms with Crippen molar-refractivity contribution >= 4 is 27.3 Å². The van der Waals surface area contributed by atoms with Crippen molar-refractivity contribution in [2.24, 2.45) is 0 Å². The van der Waals surface area contributed by atoms with Crippen LogP contribution in [0.3, 0.4) is 0 Å². The maximum absolute atomic E-state index is 14.1. The lowest BCUT2D eigenvalue weighted by Crippen LogP contribution is -2.41. The molecule has 2 N–H and O–H groups in total. The highest BCUT2D eigenvalue weighted by Crippen LogP contribution is 2.46. The van der Waals surface area contributed by atoms with Crippen molar-refractivity contribution in [1.82, 2.24) is 9.71 Å². The third kappa shape index (κ3) is 5.48. The molecule has 1 unspecified atom stereocenters. The molecule has 9 heteroatoms. The molecule has 1 aliphatic rings. The summed E-state index contributed by atoms with van der Waals surface area (Å²) in [6.45, 7) is 5.55. The highest BCUT2D eigenvalue weighted by Gasteiger charge is 2.51. The Balaban J connectivity index is 1.51. The van der Waals surface area contributed by atoms with Crippen LogP contribution in [-0.4, -0.2) is 44.0 Å². The number of fused-ring (bicyclic) bond motifs is 1. The first kappa shape index (κ1) is 28.5. The Morgan fingerprint density at radius 3 is 2.10 bits per heavy atom. The van der Waals surface area contributed by atoms with Gasteiger partial charge in [0.05, 0.1) is 17.1 Å². The Kier molecular flexibility index (Phi) is 7.23. The minimum Gasteiger partial charge on any atom is -0.378 e. The molecule has 0 aliphatic carbocycles. The Morgan fingerprint density at radius 2 is 1.51 bits per heavy atom. The average Bonchev–Trinajstić information content (AvgIpc) is 3.15. The first-order chi connectivity index (χ1) is 19.3. The van der Waals surface area contributed by atoms with Gasteiger partial charge in [-0.05, 0) is 85.5 Å². The van der Waals surface area contributed by atoms with Gasteiger partial charge in [-0.3, -0.25) is 9.78 Å². The molecule has 3 aromatic carbocycles. The topological polar surface area (TPSA) is 103 Å². The van der Waals surface area contributed by atoms with E-state index in [-0.39, 0.29) is 11.4 Å². The number of hydrogen-bond acceptors (Lipinski definition) is 6. The number of benzene rings is 3. The van der Waals surface area contributed by atoms with E-state index >= 15 is 0 Å². The van der Waals surface area contributed by atoms with Crippen LogP contribution in [0.25, 0.3) is 11.1 Å². The Morgan fingerprint density at radius 1 is 0.902 bits per heavy atom. The Hall–Kier alpha value is -4.05. The fraction of sp³-hybridized carbons (Fsp3) is 0.250. The lowest BCUT2D eigenvalue weighted by Gasteiger charge is -2.25. The number of nitrogens with zero attached hydrogens (tertiary/aromatic N) is 3. The summed E-state index contributed by atoms with van der Waals surface area (Å²) in [5.74, 6) is -0.495. The number of rotatable bonds is 7. The van der Waals surface area contributed by atoms with E-state index in [0.717, 1.165) is 22.4 Å². The maximum atomic E-state index is 14.1. The van der Waals surface area contributed by atoms with Crippen molar-refractivity contribution < 1.29 is 18.3 Å². The Bertz CT molecular complexity index is 1680. The molecule has 0 fully saturated rings. The second-order valence-corrected chi connectivity index (χ2v) is 13.2. The van der Waals surface area contributed by atoms with Gasteiger partial charge < -0.3 is 14.9 Å². The number of anilines is 2. The van der Waals surface area contributed by atoms with Gasteiger partial charge in [0.15, 0.2) is 5.60 Å². The largest absolute Gasteiger partial charge is 0.378 e. The van der Waals surface area contributed by atoms with Crippen LogP contribution in [0.4, 0.5) is 11.4 Å². The van der Waals surface area contributed by atoms with Crippen molar-refractivity contribution in [3.63, 3.8) is 0 Å². The molecule has 0 bridgehead atoms. The molecular weight excluding hydrogens is 536 g/mol. The smallest absolute Gasteiger partial charge is 0.268 e. The molecule has 212 valence electrons. The second-order valence-electron chi connectivity index (χ2n) is 11.5. The molecule has 0 radical (unpaired) electrons. The number of aliphatic hydroxyl groups is 1. The van der Waals surface area contributed by atoms with E-state index in [1.54, 1.807) is 38.1 Å². The fourth-order valence-electron chi connectivity index (χ4n) is 5.05. The Labute approximate surface area is 241 Å². The van der Waals surface area contributed by atoms with Crippen molar-refractivity contribution in [1.29, 1.82) is 0 Å². The summed E-state index contributed by atoms with van der Waals surface area (Å²) in [7, 11) is -0.00146. The van der Waals surface area contributed by atoms with Gasteiger partial charge in [-0.2, -0.15) is 0 Å². The number of hydrogen-bond donors (Lipinski definition) is 2. The lowest BCUT2D eigenvalue weighted by atomic mass is 9.87. The average molecular weight is 571 g/mol. The monoisotopic (exact) mass is 570 g/mol. The quantitative estimate of drug-likeness (QED) is 0.335. The van der Waals surface area contributed by atoms with Crippen LogP contribution >= 0.6 is 0 Å². The molecule has 2 heterocycles. The summed E-state index contributed by atoms with van der Waals surface area (Å²) in [6.07, 6.45) is 3.49. The van der Waals surface area contributed by atoms with Crippen LogP contribution in [0, 0.1) is 0 Å². The molecule has 1 aromatic heterocycles. The highest BCUT2D eigenvalue weighted by atomic mass is 32.2. The van der Waals surface area contributed by atoms with E-state index < -0.39 is 27.1 Å². The lowest BCUT2D eigenvalue weighted by molar-refractivity contribution is -0.132. The number of pyridine rings is 1. The molecule has 41 heavy (non-hydrogen) atoms. The SMILES string of the molecule is CN(C)c1ccc2c(c1)C(O)(c1ccc(S(=O)(=O)NC(C)(C)C)cc1)C(=O)N2Cc1ccc(-c2ccncc2)cc1. The number of nitrogens with one attached hydrogen (secondary N) is 1. The van der Waals surface area contributed by atoms with Crippen LogP contribution in [0.5, 0.6) is 0 Å². The first-order valence-electron chi connectivity index (χ1n) is 13.3. The normalized spacial score (nSPS) is 17.0. The number of sulfonamides is 1. The zero-order valence-corrected chi connectivity index (χ0v) is 24.6. The summed E-state index contributed by atoms with van der Waals surface area (Å²) in [6, 6.07) is 23.2. The third-order valence-corrected chi connectivity index (χ3v) is 8.84. The number of aromatic nitrogens is 1. The molecule has 1 aliphatic heterocycles. The van der Waals surface area contributed by atoms with Crippen LogP contribution in [-0.2, 0) is 27.0 Å². The summed E-state index contributed by atoms with van der Waals surface area (Å²) >= 11 is 0. The second kappa shape index (κ2) is 10.4. The molecule has 5 rings (SSSR count). The van der Waals surface area contributed by atoms with Gasteiger partial charge in [0, 0.05) is 43.3 Å². The van der Waals surface area contributed by atoms with E-state index in [2.05, 4.69) is 9.71 Å². The third-order valence-electron chi connectivity index (χ3n) is 7.06. The van der Waals surface area contributed by atoms with Crippen LogP contribution in [0.1, 0.15) is 37.5 Å². The molecule has 0 saturated carbocycles. The summed E-state index contributed by atoms with van der Waals surface area (Å²) in [5.41, 5.74) is 2.51. The minimum absolute atomic E-state index is 0.0543. The molecular formula is C32H34N4O4S. The van der Waals surface area contributed by atoms with Gasteiger partial charge in [0.1, 0.15) is 0 Å². The van der Waals surface area contributed by atoms with E-state index in [9.17, 15) is 18.3 Å². The molecule has 4 aromatic rings. The standard InChI is InChI=1S/C32H34N4O4S/c1-31(2,3)34-41(39,40)27-13-10-25(11-14-27)32(38)28-20-26(35(4)5)12-15-29(28)36(30(32)37)21-22-6-8-23(9-7-22)24-16-18-33-19-17-24/h6-20,34,38H,21H2,1-5H3.